The van der Waals surface area contributed by atoms with Gasteiger partial charge in [-0.25, -0.2) is 4.98 Å². The maximum absolute atomic E-state index is 4.79. The first-order valence-corrected chi connectivity index (χ1v) is 6.22. The van der Waals surface area contributed by atoms with Gasteiger partial charge in [-0.2, -0.15) is 0 Å². The third-order valence-corrected chi connectivity index (χ3v) is 3.70. The molecule has 15 heavy (non-hydrogen) atoms. The van der Waals surface area contributed by atoms with Crippen LogP contribution in [0.1, 0.15) is 48.8 Å². The fourth-order valence-electron chi connectivity index (χ4n) is 2.76. The average molecular weight is 205 g/mol. The van der Waals surface area contributed by atoms with Crippen LogP contribution in [0.4, 0.5) is 0 Å². The molecular weight excluding hydrogens is 186 g/mol. The molecule has 0 bridgehead atoms. The second-order valence-corrected chi connectivity index (χ2v) is 4.78. The number of hydrogen-bond acceptors (Lipinski definition) is 2. The molecule has 0 amide bonds. The van der Waals surface area contributed by atoms with Crippen LogP contribution >= 0.6 is 0 Å². The van der Waals surface area contributed by atoms with Crippen molar-refractivity contribution in [1.29, 1.82) is 0 Å². The highest BCUT2D eigenvalue weighted by Crippen LogP contribution is 2.26. The van der Waals surface area contributed by atoms with E-state index in [9.17, 15) is 0 Å². The first kappa shape index (κ1) is 9.40. The van der Waals surface area contributed by atoms with E-state index >= 15 is 0 Å². The lowest BCUT2D eigenvalue weighted by Gasteiger charge is -2.20. The number of imidazole rings is 1. The Kier molecular flexibility index (Phi) is 2.49. The van der Waals surface area contributed by atoms with E-state index in [0.717, 1.165) is 13.1 Å². The quantitative estimate of drug-likeness (QED) is 0.733. The number of H-pyrrole nitrogens is 1. The van der Waals surface area contributed by atoms with Crippen molar-refractivity contribution in [3.63, 3.8) is 0 Å². The van der Waals surface area contributed by atoms with Gasteiger partial charge in [-0.3, -0.25) is 0 Å². The van der Waals surface area contributed by atoms with E-state index in [-0.39, 0.29) is 0 Å². The van der Waals surface area contributed by atoms with Crippen LogP contribution in [0.25, 0.3) is 0 Å². The number of aromatic nitrogens is 2. The molecule has 1 fully saturated rings. The van der Waals surface area contributed by atoms with Crippen LogP contribution in [0.2, 0.25) is 0 Å². The van der Waals surface area contributed by atoms with Crippen molar-refractivity contribution in [2.75, 3.05) is 13.1 Å². The van der Waals surface area contributed by atoms with Gasteiger partial charge in [-0.15, -0.1) is 0 Å². The van der Waals surface area contributed by atoms with E-state index in [0.29, 0.717) is 5.92 Å². The lowest BCUT2D eigenvalue weighted by molar-refractivity contribution is 0.446. The number of nitrogens with one attached hydrogen (secondary N) is 2. The van der Waals surface area contributed by atoms with Crippen LogP contribution in [-0.4, -0.2) is 23.1 Å². The molecule has 2 heterocycles. The Morgan fingerprint density at radius 1 is 1.07 bits per heavy atom. The highest BCUT2D eigenvalue weighted by molar-refractivity contribution is 5.19. The second-order valence-electron chi connectivity index (χ2n) is 4.78. The smallest absolute Gasteiger partial charge is 0.109 e. The summed E-state index contributed by atoms with van der Waals surface area (Å²) in [5.74, 6) is 1.94. The molecule has 1 aromatic heterocycles. The molecule has 3 nitrogen and oxygen atoms in total. The summed E-state index contributed by atoms with van der Waals surface area (Å²) in [4.78, 5) is 8.36. The Morgan fingerprint density at radius 3 is 2.67 bits per heavy atom. The Labute approximate surface area is 90.7 Å². The first-order chi connectivity index (χ1) is 7.43. The van der Waals surface area contributed by atoms with Crippen molar-refractivity contribution < 1.29 is 0 Å². The van der Waals surface area contributed by atoms with Gasteiger partial charge in [0.25, 0.3) is 0 Å². The summed E-state index contributed by atoms with van der Waals surface area (Å²) in [6, 6.07) is 0. The molecule has 0 saturated carbocycles. The van der Waals surface area contributed by atoms with Crippen molar-refractivity contribution in [1.82, 2.24) is 15.3 Å². The number of fused-ring (bicyclic) bond motifs is 1. The fraction of sp³-hybridized carbons (Fsp3) is 0.750. The molecule has 1 saturated heterocycles. The molecular formula is C12H19N3. The SMILES string of the molecule is C1CCc2[nH]c(C3CCNCC3)nc2C1. The molecule has 3 rings (SSSR count). The molecule has 2 N–H and O–H groups in total. The maximum Gasteiger partial charge on any atom is 0.109 e. The molecule has 2 aliphatic rings. The minimum absolute atomic E-state index is 0.678. The largest absolute Gasteiger partial charge is 0.345 e. The molecule has 0 aromatic carbocycles. The molecule has 0 unspecified atom stereocenters. The molecule has 1 aromatic rings. The first-order valence-electron chi connectivity index (χ1n) is 6.22. The molecule has 0 spiro atoms. The number of aromatic amines is 1. The Bertz CT molecular complexity index is 313. The molecule has 1 aliphatic heterocycles. The van der Waals surface area contributed by atoms with Crippen LogP contribution < -0.4 is 5.32 Å². The average Bonchev–Trinajstić information content (AvgIpc) is 2.74. The van der Waals surface area contributed by atoms with Crippen molar-refractivity contribution in [2.24, 2.45) is 0 Å². The summed E-state index contributed by atoms with van der Waals surface area (Å²) >= 11 is 0. The van der Waals surface area contributed by atoms with Crippen LogP contribution in [0, 0.1) is 0 Å². The Balaban J connectivity index is 1.82. The van der Waals surface area contributed by atoms with Crippen molar-refractivity contribution in [3.8, 4) is 0 Å². The minimum Gasteiger partial charge on any atom is -0.345 e. The summed E-state index contributed by atoms with van der Waals surface area (Å²) in [5.41, 5.74) is 2.78. The summed E-state index contributed by atoms with van der Waals surface area (Å²) in [6.07, 6.45) is 7.55. The molecule has 1 aliphatic carbocycles. The summed E-state index contributed by atoms with van der Waals surface area (Å²) in [7, 11) is 0. The zero-order valence-electron chi connectivity index (χ0n) is 9.18. The lowest BCUT2D eigenvalue weighted by Crippen LogP contribution is -2.27. The highest BCUT2D eigenvalue weighted by Gasteiger charge is 2.21. The van der Waals surface area contributed by atoms with Gasteiger partial charge in [-0.1, -0.05) is 0 Å². The summed E-state index contributed by atoms with van der Waals surface area (Å²) < 4.78 is 0. The van der Waals surface area contributed by atoms with E-state index in [1.54, 1.807) is 0 Å². The Morgan fingerprint density at radius 2 is 1.87 bits per heavy atom. The lowest BCUT2D eigenvalue weighted by atomic mass is 9.98. The van der Waals surface area contributed by atoms with Crippen molar-refractivity contribution >= 4 is 0 Å². The number of nitrogens with zero attached hydrogens (tertiary/aromatic N) is 1. The normalized spacial score (nSPS) is 22.7. The molecule has 0 radical (unpaired) electrons. The predicted octanol–water partition coefficient (Wildman–Crippen LogP) is 1.76. The van der Waals surface area contributed by atoms with Gasteiger partial charge in [0.05, 0.1) is 5.69 Å². The Hall–Kier alpha value is -0.830. The maximum atomic E-state index is 4.79. The standard InChI is InChI=1S/C12H19N3/c1-2-4-11-10(3-1)14-12(15-11)9-5-7-13-8-6-9/h9,13H,1-8H2,(H,14,15). The molecule has 0 atom stereocenters. The van der Waals surface area contributed by atoms with Gasteiger partial charge < -0.3 is 10.3 Å². The van der Waals surface area contributed by atoms with Crippen molar-refractivity contribution in [2.45, 2.75) is 44.4 Å². The summed E-state index contributed by atoms with van der Waals surface area (Å²) in [6.45, 7) is 2.30. The van der Waals surface area contributed by atoms with Gasteiger partial charge in [0.15, 0.2) is 0 Å². The summed E-state index contributed by atoms with van der Waals surface area (Å²) in [5, 5.41) is 3.40. The van der Waals surface area contributed by atoms with Crippen LogP contribution in [-0.2, 0) is 12.8 Å². The van der Waals surface area contributed by atoms with E-state index in [1.807, 2.05) is 0 Å². The van der Waals surface area contributed by atoms with Gasteiger partial charge in [0.2, 0.25) is 0 Å². The van der Waals surface area contributed by atoms with Gasteiger partial charge in [0, 0.05) is 11.6 Å². The highest BCUT2D eigenvalue weighted by atomic mass is 15.0. The van der Waals surface area contributed by atoms with Crippen LogP contribution in [0.15, 0.2) is 0 Å². The van der Waals surface area contributed by atoms with Gasteiger partial charge in [-0.05, 0) is 51.6 Å². The third kappa shape index (κ3) is 1.81. The number of rotatable bonds is 1. The van der Waals surface area contributed by atoms with E-state index < -0.39 is 0 Å². The minimum atomic E-state index is 0.678. The topological polar surface area (TPSA) is 40.7 Å². The second kappa shape index (κ2) is 3.97. The van der Waals surface area contributed by atoms with E-state index in [2.05, 4.69) is 10.3 Å². The fourth-order valence-corrected chi connectivity index (χ4v) is 2.76. The monoisotopic (exact) mass is 205 g/mol. The van der Waals surface area contributed by atoms with Crippen LogP contribution in [0.5, 0.6) is 0 Å². The van der Waals surface area contributed by atoms with E-state index in [1.165, 1.54) is 55.7 Å². The molecule has 82 valence electrons. The zero-order chi connectivity index (χ0) is 10.1. The van der Waals surface area contributed by atoms with Gasteiger partial charge >= 0.3 is 0 Å². The zero-order valence-corrected chi connectivity index (χ0v) is 9.18. The number of hydrogen-bond donors (Lipinski definition) is 2. The predicted molar refractivity (Wildman–Crippen MR) is 60.1 cm³/mol. The molecule has 3 heteroatoms. The third-order valence-electron chi connectivity index (χ3n) is 3.70. The number of piperidine rings is 1. The van der Waals surface area contributed by atoms with E-state index in [4.69, 9.17) is 4.98 Å². The van der Waals surface area contributed by atoms with Gasteiger partial charge in [0.1, 0.15) is 5.82 Å². The number of aryl methyl sites for hydroxylation is 2. The van der Waals surface area contributed by atoms with Crippen molar-refractivity contribution in [3.05, 3.63) is 17.2 Å². The van der Waals surface area contributed by atoms with Crippen LogP contribution in [0.3, 0.4) is 0 Å².